The van der Waals surface area contributed by atoms with Crippen LogP contribution in [-0.4, -0.2) is 23.0 Å². The van der Waals surface area contributed by atoms with Gasteiger partial charge in [-0.1, -0.05) is 6.07 Å². The highest BCUT2D eigenvalue weighted by Crippen LogP contribution is 2.30. The molecule has 0 aliphatic heterocycles. The molecule has 3 aromatic rings. The van der Waals surface area contributed by atoms with Gasteiger partial charge in [0, 0.05) is 17.6 Å². The normalized spacial score (nSPS) is 10.7. The number of carbonyl (C=O) groups excluding carboxylic acids is 1. The van der Waals surface area contributed by atoms with E-state index in [1.807, 2.05) is 12.1 Å². The van der Waals surface area contributed by atoms with Crippen molar-refractivity contribution in [2.24, 2.45) is 10.2 Å². The molecule has 0 spiro atoms. The topological polar surface area (TPSA) is 88.8 Å². The van der Waals surface area contributed by atoms with Crippen molar-refractivity contribution in [1.82, 2.24) is 9.97 Å². The fourth-order valence-corrected chi connectivity index (χ4v) is 2.41. The van der Waals surface area contributed by atoms with E-state index in [1.54, 1.807) is 41.4 Å². The van der Waals surface area contributed by atoms with Gasteiger partial charge in [-0.3, -0.25) is 4.79 Å². The molecule has 120 valence electrons. The van der Waals surface area contributed by atoms with E-state index in [9.17, 15) is 4.79 Å². The molecular formula is C16H13N5O2S. The summed E-state index contributed by atoms with van der Waals surface area (Å²) in [5.74, 6) is 0.700. The fourth-order valence-electron chi connectivity index (χ4n) is 1.88. The van der Waals surface area contributed by atoms with Crippen LogP contribution in [0.5, 0.6) is 5.75 Å². The van der Waals surface area contributed by atoms with Crippen molar-refractivity contribution >= 4 is 34.4 Å². The number of pyridine rings is 1. The number of benzene rings is 1. The zero-order chi connectivity index (χ0) is 16.8. The predicted octanol–water partition coefficient (Wildman–Crippen LogP) is 4.21. The molecular weight excluding hydrogens is 326 g/mol. The Balaban J connectivity index is 1.78. The van der Waals surface area contributed by atoms with Gasteiger partial charge in [0.05, 0.1) is 24.0 Å². The lowest BCUT2D eigenvalue weighted by Crippen LogP contribution is -2.12. The molecule has 24 heavy (non-hydrogen) atoms. The van der Waals surface area contributed by atoms with Gasteiger partial charge < -0.3 is 10.1 Å². The van der Waals surface area contributed by atoms with Crippen molar-refractivity contribution in [1.29, 1.82) is 0 Å². The highest BCUT2D eigenvalue weighted by Gasteiger charge is 2.11. The number of methoxy groups -OCH3 is 1. The number of aromatic nitrogens is 2. The van der Waals surface area contributed by atoms with Gasteiger partial charge >= 0.3 is 0 Å². The van der Waals surface area contributed by atoms with Gasteiger partial charge in [-0.25, -0.2) is 9.97 Å². The highest BCUT2D eigenvalue weighted by molar-refractivity contribution is 7.07. The quantitative estimate of drug-likeness (QED) is 0.705. The largest absolute Gasteiger partial charge is 0.494 e. The Labute approximate surface area is 142 Å². The number of thiazole rings is 1. The van der Waals surface area contributed by atoms with Gasteiger partial charge in [-0.15, -0.1) is 21.6 Å². The molecule has 0 saturated heterocycles. The van der Waals surface area contributed by atoms with Crippen LogP contribution in [-0.2, 0) is 0 Å². The zero-order valence-electron chi connectivity index (χ0n) is 12.7. The molecule has 2 aromatic heterocycles. The lowest BCUT2D eigenvalue weighted by atomic mass is 10.2. The molecule has 0 aliphatic carbocycles. The fraction of sp³-hybridized carbons (Fsp3) is 0.0625. The Morgan fingerprint density at radius 3 is 2.83 bits per heavy atom. The van der Waals surface area contributed by atoms with E-state index >= 15 is 0 Å². The molecule has 7 nitrogen and oxygen atoms in total. The molecule has 3 rings (SSSR count). The second-order valence-corrected chi connectivity index (χ2v) is 5.32. The third kappa shape index (κ3) is 3.79. The van der Waals surface area contributed by atoms with Crippen LogP contribution >= 0.6 is 11.3 Å². The first-order valence-electron chi connectivity index (χ1n) is 6.96. The van der Waals surface area contributed by atoms with E-state index in [-0.39, 0.29) is 5.91 Å². The number of azo groups is 1. The molecule has 1 N–H and O–H groups in total. The van der Waals surface area contributed by atoms with Crippen LogP contribution in [0.2, 0.25) is 0 Å². The molecule has 0 unspecified atom stereocenters. The van der Waals surface area contributed by atoms with E-state index in [0.29, 0.717) is 28.6 Å². The summed E-state index contributed by atoms with van der Waals surface area (Å²) in [4.78, 5) is 20.1. The molecule has 0 aliphatic rings. The van der Waals surface area contributed by atoms with Crippen molar-refractivity contribution in [3.63, 3.8) is 0 Å². The molecule has 0 radical (unpaired) electrons. The predicted molar refractivity (Wildman–Crippen MR) is 91.5 cm³/mol. The zero-order valence-corrected chi connectivity index (χ0v) is 13.5. The molecule has 2 heterocycles. The van der Waals surface area contributed by atoms with Gasteiger partial charge in [0.2, 0.25) is 0 Å². The number of hydrogen-bond acceptors (Lipinski definition) is 7. The summed E-state index contributed by atoms with van der Waals surface area (Å²) in [5.41, 5.74) is 3.09. The van der Waals surface area contributed by atoms with Crippen LogP contribution < -0.4 is 10.1 Å². The number of nitrogens with zero attached hydrogens (tertiary/aromatic N) is 4. The van der Waals surface area contributed by atoms with Gasteiger partial charge in [-0.2, -0.15) is 0 Å². The SMILES string of the molecule is COc1cc(/N=N/c2ccccn2)ccc1NC(=O)c1cscn1. The Kier molecular flexibility index (Phi) is 4.87. The second-order valence-electron chi connectivity index (χ2n) is 4.60. The average Bonchev–Trinajstić information content (AvgIpc) is 3.16. The molecule has 1 aromatic carbocycles. The maximum atomic E-state index is 12.1. The van der Waals surface area contributed by atoms with Gasteiger partial charge in [0.15, 0.2) is 5.82 Å². The number of anilines is 1. The minimum absolute atomic E-state index is 0.294. The van der Waals surface area contributed by atoms with Crippen molar-refractivity contribution in [2.45, 2.75) is 0 Å². The standard InChI is InChI=1S/C16H13N5O2S/c1-23-14-8-11(20-21-15-4-2-3-7-17-15)5-6-12(14)19-16(22)13-9-24-10-18-13/h2-10H,1H3,(H,19,22)/b21-20+. The maximum Gasteiger partial charge on any atom is 0.275 e. The van der Waals surface area contributed by atoms with Crippen molar-refractivity contribution in [2.75, 3.05) is 12.4 Å². The molecule has 8 heteroatoms. The Hall–Kier alpha value is -3.13. The van der Waals surface area contributed by atoms with Crippen molar-refractivity contribution < 1.29 is 9.53 Å². The Morgan fingerprint density at radius 2 is 2.12 bits per heavy atom. The minimum atomic E-state index is -0.294. The highest BCUT2D eigenvalue weighted by atomic mass is 32.1. The molecule has 0 bridgehead atoms. The molecule has 1 amide bonds. The molecule has 0 fully saturated rings. The summed E-state index contributed by atoms with van der Waals surface area (Å²) >= 11 is 1.36. The van der Waals surface area contributed by atoms with Crippen LogP contribution in [0, 0.1) is 0 Å². The smallest absolute Gasteiger partial charge is 0.275 e. The van der Waals surface area contributed by atoms with Gasteiger partial charge in [-0.05, 0) is 24.3 Å². The molecule has 0 saturated carbocycles. The summed E-state index contributed by atoms with van der Waals surface area (Å²) in [6.45, 7) is 0. The monoisotopic (exact) mass is 339 g/mol. The maximum absolute atomic E-state index is 12.1. The lowest BCUT2D eigenvalue weighted by Gasteiger charge is -2.09. The Morgan fingerprint density at radius 1 is 1.21 bits per heavy atom. The van der Waals surface area contributed by atoms with Crippen LogP contribution in [0.25, 0.3) is 0 Å². The van der Waals surface area contributed by atoms with Crippen LogP contribution in [0.1, 0.15) is 10.5 Å². The first-order chi connectivity index (χ1) is 11.8. The van der Waals surface area contributed by atoms with Crippen LogP contribution in [0.15, 0.2) is 63.7 Å². The summed E-state index contributed by atoms with van der Waals surface area (Å²) in [6.07, 6.45) is 1.64. The van der Waals surface area contributed by atoms with E-state index in [0.717, 1.165) is 0 Å². The first kappa shape index (κ1) is 15.8. The minimum Gasteiger partial charge on any atom is -0.494 e. The van der Waals surface area contributed by atoms with Crippen LogP contribution in [0.3, 0.4) is 0 Å². The van der Waals surface area contributed by atoms with Gasteiger partial charge in [0.1, 0.15) is 11.4 Å². The van der Waals surface area contributed by atoms with E-state index in [1.165, 1.54) is 18.4 Å². The third-order valence-electron chi connectivity index (χ3n) is 3.02. The van der Waals surface area contributed by atoms with Crippen molar-refractivity contribution in [3.8, 4) is 5.75 Å². The summed E-state index contributed by atoms with van der Waals surface area (Å²) < 4.78 is 5.31. The Bertz CT molecular complexity index is 850. The van der Waals surface area contributed by atoms with Crippen molar-refractivity contribution in [3.05, 3.63) is 59.2 Å². The number of rotatable bonds is 5. The summed E-state index contributed by atoms with van der Waals surface area (Å²) in [5, 5.41) is 12.6. The van der Waals surface area contributed by atoms with E-state index in [2.05, 4.69) is 25.5 Å². The van der Waals surface area contributed by atoms with Gasteiger partial charge in [0.25, 0.3) is 5.91 Å². The number of nitrogens with one attached hydrogen (secondary N) is 1. The lowest BCUT2D eigenvalue weighted by molar-refractivity contribution is 0.102. The number of carbonyl (C=O) groups is 1. The number of ether oxygens (including phenoxy) is 1. The first-order valence-corrected chi connectivity index (χ1v) is 7.91. The molecule has 0 atom stereocenters. The van der Waals surface area contributed by atoms with E-state index in [4.69, 9.17) is 4.74 Å². The summed E-state index contributed by atoms with van der Waals surface area (Å²) in [6, 6.07) is 10.5. The number of hydrogen-bond donors (Lipinski definition) is 1. The number of amides is 1. The average molecular weight is 339 g/mol. The summed E-state index contributed by atoms with van der Waals surface area (Å²) in [7, 11) is 1.52. The van der Waals surface area contributed by atoms with Crippen LogP contribution in [0.4, 0.5) is 17.2 Å². The third-order valence-corrected chi connectivity index (χ3v) is 3.60. The second kappa shape index (κ2) is 7.42. The van der Waals surface area contributed by atoms with E-state index < -0.39 is 0 Å².